The van der Waals surface area contributed by atoms with Gasteiger partial charge in [0, 0.05) is 32.6 Å². The molecule has 0 bridgehead atoms. The lowest BCUT2D eigenvalue weighted by molar-refractivity contribution is -0.132. The Balaban J connectivity index is 2.30. The van der Waals surface area contributed by atoms with Gasteiger partial charge in [-0.15, -0.1) is 0 Å². The molecule has 1 aliphatic heterocycles. The monoisotopic (exact) mass is 184 g/mol. The molecule has 0 atom stereocenters. The zero-order chi connectivity index (χ0) is 9.68. The van der Waals surface area contributed by atoms with Crippen LogP contribution < -0.4 is 0 Å². The fourth-order valence-corrected chi connectivity index (χ4v) is 1.51. The summed E-state index contributed by atoms with van der Waals surface area (Å²) < 4.78 is 0. The molecule has 0 aliphatic carbocycles. The van der Waals surface area contributed by atoms with Crippen molar-refractivity contribution in [3.05, 3.63) is 0 Å². The first-order chi connectivity index (χ1) is 6.27. The summed E-state index contributed by atoms with van der Waals surface area (Å²) in [6.07, 6.45) is 1.49. The van der Waals surface area contributed by atoms with E-state index in [4.69, 9.17) is 0 Å². The SMILES string of the molecule is CCC(=O)N1CCN(CC=O)CC1. The van der Waals surface area contributed by atoms with Gasteiger partial charge in [-0.3, -0.25) is 9.69 Å². The van der Waals surface area contributed by atoms with Gasteiger partial charge in [-0.25, -0.2) is 0 Å². The van der Waals surface area contributed by atoms with Gasteiger partial charge < -0.3 is 9.69 Å². The molecule has 0 aromatic rings. The molecule has 0 unspecified atom stereocenters. The molecular weight excluding hydrogens is 168 g/mol. The van der Waals surface area contributed by atoms with Crippen LogP contribution in [0.25, 0.3) is 0 Å². The molecule has 1 saturated heterocycles. The predicted molar refractivity (Wildman–Crippen MR) is 49.4 cm³/mol. The molecule has 0 N–H and O–H groups in total. The Morgan fingerprint density at radius 2 is 1.92 bits per heavy atom. The lowest BCUT2D eigenvalue weighted by atomic mass is 10.3. The van der Waals surface area contributed by atoms with Crippen LogP contribution in [0.4, 0.5) is 0 Å². The normalized spacial score (nSPS) is 18.7. The van der Waals surface area contributed by atoms with Gasteiger partial charge in [-0.05, 0) is 0 Å². The summed E-state index contributed by atoms with van der Waals surface area (Å²) in [5.74, 6) is 0.214. The van der Waals surface area contributed by atoms with E-state index in [1.54, 1.807) is 0 Å². The summed E-state index contributed by atoms with van der Waals surface area (Å²) in [5, 5.41) is 0. The molecule has 1 aliphatic rings. The number of aldehydes is 1. The summed E-state index contributed by atoms with van der Waals surface area (Å²) in [4.78, 5) is 25.4. The van der Waals surface area contributed by atoms with Crippen molar-refractivity contribution in [1.29, 1.82) is 0 Å². The lowest BCUT2D eigenvalue weighted by Crippen LogP contribution is -2.48. The van der Waals surface area contributed by atoms with Crippen molar-refractivity contribution in [2.24, 2.45) is 0 Å². The molecule has 1 rings (SSSR count). The maximum absolute atomic E-state index is 11.3. The third-order valence-corrected chi connectivity index (χ3v) is 2.36. The van der Waals surface area contributed by atoms with E-state index >= 15 is 0 Å². The quantitative estimate of drug-likeness (QED) is 0.567. The number of amides is 1. The summed E-state index contributed by atoms with van der Waals surface area (Å²) in [7, 11) is 0. The van der Waals surface area contributed by atoms with Crippen LogP contribution >= 0.6 is 0 Å². The molecule has 1 fully saturated rings. The molecule has 1 amide bonds. The standard InChI is InChI=1S/C9H16N2O2/c1-2-9(13)11-5-3-10(4-6-11)7-8-12/h8H,2-7H2,1H3. The summed E-state index contributed by atoms with van der Waals surface area (Å²) >= 11 is 0. The van der Waals surface area contributed by atoms with Crippen molar-refractivity contribution < 1.29 is 9.59 Å². The summed E-state index contributed by atoms with van der Waals surface area (Å²) in [6.45, 7) is 5.55. The number of piperazine rings is 1. The maximum atomic E-state index is 11.3. The Labute approximate surface area is 78.5 Å². The van der Waals surface area contributed by atoms with Crippen molar-refractivity contribution >= 4 is 12.2 Å². The van der Waals surface area contributed by atoms with Crippen LogP contribution in [0, 0.1) is 0 Å². The molecule has 13 heavy (non-hydrogen) atoms. The molecule has 4 heteroatoms. The van der Waals surface area contributed by atoms with Crippen molar-refractivity contribution in [2.45, 2.75) is 13.3 Å². The van der Waals surface area contributed by atoms with Gasteiger partial charge in [-0.2, -0.15) is 0 Å². The summed E-state index contributed by atoms with van der Waals surface area (Å²) in [5.41, 5.74) is 0. The number of carbonyl (C=O) groups excluding carboxylic acids is 2. The average Bonchev–Trinajstić information content (AvgIpc) is 2.18. The molecule has 1 heterocycles. The van der Waals surface area contributed by atoms with Crippen LogP contribution in [0.3, 0.4) is 0 Å². The van der Waals surface area contributed by atoms with Crippen molar-refractivity contribution in [2.75, 3.05) is 32.7 Å². The average molecular weight is 184 g/mol. The Morgan fingerprint density at radius 1 is 1.31 bits per heavy atom. The minimum absolute atomic E-state index is 0.214. The number of rotatable bonds is 3. The minimum Gasteiger partial charge on any atom is -0.340 e. The first kappa shape index (κ1) is 10.2. The number of carbonyl (C=O) groups is 2. The molecule has 4 nitrogen and oxygen atoms in total. The van der Waals surface area contributed by atoms with E-state index in [-0.39, 0.29) is 5.91 Å². The Hall–Kier alpha value is -0.900. The van der Waals surface area contributed by atoms with Crippen LogP contribution in [-0.2, 0) is 9.59 Å². The molecular formula is C9H16N2O2. The van der Waals surface area contributed by atoms with Crippen LogP contribution in [0.5, 0.6) is 0 Å². The highest BCUT2D eigenvalue weighted by Gasteiger charge is 2.18. The van der Waals surface area contributed by atoms with E-state index in [9.17, 15) is 9.59 Å². The van der Waals surface area contributed by atoms with Gasteiger partial charge in [0.1, 0.15) is 6.29 Å². The largest absolute Gasteiger partial charge is 0.340 e. The van der Waals surface area contributed by atoms with E-state index in [0.717, 1.165) is 32.5 Å². The number of hydrogen-bond donors (Lipinski definition) is 0. The highest BCUT2D eigenvalue weighted by atomic mass is 16.2. The van der Waals surface area contributed by atoms with E-state index in [2.05, 4.69) is 4.90 Å². The third-order valence-electron chi connectivity index (χ3n) is 2.36. The minimum atomic E-state index is 0.214. The van der Waals surface area contributed by atoms with E-state index in [0.29, 0.717) is 13.0 Å². The Morgan fingerprint density at radius 3 is 2.38 bits per heavy atom. The number of nitrogens with zero attached hydrogens (tertiary/aromatic N) is 2. The zero-order valence-electron chi connectivity index (χ0n) is 8.03. The lowest BCUT2D eigenvalue weighted by Gasteiger charge is -2.33. The molecule has 0 spiro atoms. The van der Waals surface area contributed by atoms with Crippen LogP contribution in [0.2, 0.25) is 0 Å². The maximum Gasteiger partial charge on any atom is 0.222 e. The van der Waals surface area contributed by atoms with Crippen LogP contribution in [0.1, 0.15) is 13.3 Å². The second-order valence-corrected chi connectivity index (χ2v) is 3.20. The van der Waals surface area contributed by atoms with Crippen molar-refractivity contribution in [3.8, 4) is 0 Å². The highest BCUT2D eigenvalue weighted by Crippen LogP contribution is 2.02. The van der Waals surface area contributed by atoms with Gasteiger partial charge in [-0.1, -0.05) is 6.92 Å². The van der Waals surface area contributed by atoms with Gasteiger partial charge >= 0.3 is 0 Å². The fraction of sp³-hybridized carbons (Fsp3) is 0.778. The van der Waals surface area contributed by atoms with E-state index in [1.165, 1.54) is 0 Å². The highest BCUT2D eigenvalue weighted by molar-refractivity contribution is 5.75. The second-order valence-electron chi connectivity index (χ2n) is 3.20. The first-order valence-corrected chi connectivity index (χ1v) is 4.71. The fourth-order valence-electron chi connectivity index (χ4n) is 1.51. The molecule has 0 saturated carbocycles. The smallest absolute Gasteiger partial charge is 0.222 e. The Bertz CT molecular complexity index is 186. The molecule has 0 aromatic heterocycles. The van der Waals surface area contributed by atoms with Gasteiger partial charge in [0.05, 0.1) is 6.54 Å². The van der Waals surface area contributed by atoms with Crippen LogP contribution in [0.15, 0.2) is 0 Å². The van der Waals surface area contributed by atoms with Gasteiger partial charge in [0.2, 0.25) is 5.91 Å². The molecule has 0 radical (unpaired) electrons. The first-order valence-electron chi connectivity index (χ1n) is 4.71. The molecule has 74 valence electrons. The van der Waals surface area contributed by atoms with E-state index < -0.39 is 0 Å². The third kappa shape index (κ3) is 2.81. The van der Waals surface area contributed by atoms with Gasteiger partial charge in [0.15, 0.2) is 0 Å². The second kappa shape index (κ2) is 4.97. The Kier molecular flexibility index (Phi) is 3.89. The van der Waals surface area contributed by atoms with E-state index in [1.807, 2.05) is 11.8 Å². The van der Waals surface area contributed by atoms with Gasteiger partial charge in [0.25, 0.3) is 0 Å². The number of hydrogen-bond acceptors (Lipinski definition) is 3. The molecule has 0 aromatic carbocycles. The predicted octanol–water partition coefficient (Wildman–Crippen LogP) is -0.261. The van der Waals surface area contributed by atoms with Crippen molar-refractivity contribution in [3.63, 3.8) is 0 Å². The van der Waals surface area contributed by atoms with Crippen molar-refractivity contribution in [1.82, 2.24) is 9.80 Å². The summed E-state index contributed by atoms with van der Waals surface area (Å²) in [6, 6.07) is 0. The van der Waals surface area contributed by atoms with Crippen LogP contribution in [-0.4, -0.2) is 54.7 Å². The zero-order valence-corrected chi connectivity index (χ0v) is 8.03. The topological polar surface area (TPSA) is 40.6 Å².